The van der Waals surface area contributed by atoms with E-state index in [1.165, 1.54) is 88.0 Å². The zero-order valence-electron chi connectivity index (χ0n) is 33.6. The van der Waals surface area contributed by atoms with Gasteiger partial charge in [-0.25, -0.2) is 0 Å². The number of rotatable bonds is 8. The van der Waals surface area contributed by atoms with E-state index in [9.17, 15) is 0 Å². The van der Waals surface area contributed by atoms with Crippen molar-refractivity contribution in [3.05, 3.63) is 249 Å². The molecular weight excluding hydrogens is 735 g/mol. The molecule has 0 saturated carbocycles. The van der Waals surface area contributed by atoms with Gasteiger partial charge >= 0.3 is 0 Å². The fraction of sp³-hybridized carbons (Fsp3) is 0. The van der Waals surface area contributed by atoms with Gasteiger partial charge in [-0.1, -0.05) is 218 Å². The molecule has 11 aromatic carbocycles. The van der Waals surface area contributed by atoms with Gasteiger partial charge in [0, 0.05) is 16.5 Å². The molecule has 0 atom stereocenters. The van der Waals surface area contributed by atoms with E-state index in [1.54, 1.807) is 0 Å². The maximum absolute atomic E-state index is 2.45. The van der Waals surface area contributed by atoms with E-state index >= 15 is 0 Å². The van der Waals surface area contributed by atoms with E-state index in [2.05, 4.69) is 254 Å². The molecule has 0 amide bonds. The Balaban J connectivity index is 1.22. The maximum Gasteiger partial charge on any atom is 0.0540 e. The fourth-order valence-electron chi connectivity index (χ4n) is 9.37. The molecule has 0 unspecified atom stereocenters. The molecule has 0 heterocycles. The lowest BCUT2D eigenvalue weighted by molar-refractivity contribution is 1.31. The van der Waals surface area contributed by atoms with Crippen molar-refractivity contribution >= 4 is 49.4 Å². The minimum atomic E-state index is 1.12. The van der Waals surface area contributed by atoms with E-state index < -0.39 is 0 Å². The highest BCUT2D eigenvalue weighted by Crippen LogP contribution is 2.52. The Hall–Kier alpha value is -8.00. The summed E-state index contributed by atoms with van der Waals surface area (Å²) in [5.41, 5.74) is 15.5. The first kappa shape index (κ1) is 36.1. The third-order valence-corrected chi connectivity index (χ3v) is 12.0. The molecule has 0 radical (unpaired) electrons. The standard InChI is InChI=1S/C60H41N/c1-6-22-43(23-7-1)57-53-38-37-47(41-54(53)58(44-24-8-2-9-25-44)60(46-28-12-4-13-29-46)59(57)45-26-10-3-11-27-45)49-39-40-56(52-35-19-18-34-51(49)52)61(48-31-14-5-15-32-48)55-36-20-30-42-21-16-17-33-50(42)55/h1-41H. The van der Waals surface area contributed by atoms with E-state index in [-0.39, 0.29) is 0 Å². The minimum absolute atomic E-state index is 1.12. The third kappa shape index (κ3) is 6.45. The Morgan fingerprint density at radius 1 is 0.230 bits per heavy atom. The lowest BCUT2D eigenvalue weighted by Crippen LogP contribution is -2.11. The van der Waals surface area contributed by atoms with Gasteiger partial charge < -0.3 is 4.90 Å². The SMILES string of the molecule is c1ccc(-c2c(-c3ccccc3)c(-c3ccccc3)c3cc(-c4ccc(N(c5ccccc5)c5cccc6ccccc56)c5ccccc45)ccc3c2-c2ccccc2)cc1. The van der Waals surface area contributed by atoms with Crippen LogP contribution in [0.25, 0.3) is 88.0 Å². The van der Waals surface area contributed by atoms with E-state index in [4.69, 9.17) is 0 Å². The van der Waals surface area contributed by atoms with Crippen molar-refractivity contribution in [3.63, 3.8) is 0 Å². The van der Waals surface area contributed by atoms with Gasteiger partial charge in [0.25, 0.3) is 0 Å². The second-order valence-electron chi connectivity index (χ2n) is 15.6. The lowest BCUT2D eigenvalue weighted by Gasteiger charge is -2.28. The van der Waals surface area contributed by atoms with E-state index in [0.29, 0.717) is 0 Å². The Labute approximate surface area is 357 Å². The molecule has 0 bridgehead atoms. The van der Waals surface area contributed by atoms with Gasteiger partial charge in [0.05, 0.1) is 11.4 Å². The third-order valence-electron chi connectivity index (χ3n) is 12.0. The maximum atomic E-state index is 2.45. The van der Waals surface area contributed by atoms with Crippen molar-refractivity contribution in [1.82, 2.24) is 0 Å². The molecule has 0 aromatic heterocycles. The summed E-state index contributed by atoms with van der Waals surface area (Å²) in [6.07, 6.45) is 0. The van der Waals surface area contributed by atoms with Crippen LogP contribution in [-0.2, 0) is 0 Å². The summed E-state index contributed by atoms with van der Waals surface area (Å²) < 4.78 is 0. The zero-order chi connectivity index (χ0) is 40.5. The molecule has 0 saturated heterocycles. The summed E-state index contributed by atoms with van der Waals surface area (Å²) >= 11 is 0. The van der Waals surface area contributed by atoms with E-state index in [1.807, 2.05) is 0 Å². The van der Waals surface area contributed by atoms with Crippen LogP contribution >= 0.6 is 0 Å². The van der Waals surface area contributed by atoms with Crippen molar-refractivity contribution < 1.29 is 0 Å². The van der Waals surface area contributed by atoms with Gasteiger partial charge in [0.15, 0.2) is 0 Å². The van der Waals surface area contributed by atoms with E-state index in [0.717, 1.165) is 17.1 Å². The number of hydrogen-bond acceptors (Lipinski definition) is 1. The van der Waals surface area contributed by atoms with Crippen LogP contribution in [0.15, 0.2) is 249 Å². The average molecular weight is 776 g/mol. The van der Waals surface area contributed by atoms with Gasteiger partial charge in [-0.05, 0) is 108 Å². The second-order valence-corrected chi connectivity index (χ2v) is 15.6. The Morgan fingerprint density at radius 3 is 1.26 bits per heavy atom. The number of nitrogens with zero attached hydrogens (tertiary/aromatic N) is 1. The molecule has 11 aromatic rings. The summed E-state index contributed by atoms with van der Waals surface area (Å²) in [4.78, 5) is 2.42. The van der Waals surface area contributed by atoms with Crippen molar-refractivity contribution in [1.29, 1.82) is 0 Å². The molecule has 11 rings (SSSR count). The van der Waals surface area contributed by atoms with Crippen molar-refractivity contribution in [2.75, 3.05) is 4.90 Å². The molecule has 0 spiro atoms. The predicted octanol–water partition coefficient (Wildman–Crippen LogP) is 17.0. The van der Waals surface area contributed by atoms with Gasteiger partial charge in [-0.15, -0.1) is 0 Å². The number of benzene rings is 11. The lowest BCUT2D eigenvalue weighted by atomic mass is 9.78. The normalized spacial score (nSPS) is 11.3. The quantitative estimate of drug-likeness (QED) is 0.149. The van der Waals surface area contributed by atoms with Crippen molar-refractivity contribution in [3.8, 4) is 55.6 Å². The topological polar surface area (TPSA) is 3.24 Å². The first-order chi connectivity index (χ1) is 30.3. The first-order valence-corrected chi connectivity index (χ1v) is 21.0. The van der Waals surface area contributed by atoms with Crippen LogP contribution in [-0.4, -0.2) is 0 Å². The van der Waals surface area contributed by atoms with Gasteiger partial charge in [-0.3, -0.25) is 0 Å². The monoisotopic (exact) mass is 775 g/mol. The first-order valence-electron chi connectivity index (χ1n) is 21.0. The number of anilines is 3. The highest BCUT2D eigenvalue weighted by molar-refractivity contribution is 6.19. The summed E-state index contributed by atoms with van der Waals surface area (Å²) in [5, 5.41) is 7.26. The van der Waals surface area contributed by atoms with Crippen LogP contribution < -0.4 is 4.90 Å². The fourth-order valence-corrected chi connectivity index (χ4v) is 9.37. The highest BCUT2D eigenvalue weighted by Gasteiger charge is 2.25. The largest absolute Gasteiger partial charge is 0.309 e. The molecular formula is C60H41N. The Morgan fingerprint density at radius 2 is 0.672 bits per heavy atom. The zero-order valence-corrected chi connectivity index (χ0v) is 33.6. The van der Waals surface area contributed by atoms with Gasteiger partial charge in [0.1, 0.15) is 0 Å². The summed E-state index contributed by atoms with van der Waals surface area (Å²) in [7, 11) is 0. The molecule has 0 aliphatic heterocycles. The van der Waals surface area contributed by atoms with Crippen LogP contribution in [0.1, 0.15) is 0 Å². The molecule has 0 fully saturated rings. The molecule has 1 nitrogen and oxygen atoms in total. The second kappa shape index (κ2) is 15.6. The highest BCUT2D eigenvalue weighted by atomic mass is 15.1. The number of hydrogen-bond donors (Lipinski definition) is 0. The van der Waals surface area contributed by atoms with Crippen LogP contribution in [0.3, 0.4) is 0 Å². The molecule has 286 valence electrons. The Bertz CT molecular complexity index is 3320. The van der Waals surface area contributed by atoms with Crippen LogP contribution in [0, 0.1) is 0 Å². The molecule has 61 heavy (non-hydrogen) atoms. The molecule has 0 aliphatic carbocycles. The predicted molar refractivity (Wildman–Crippen MR) is 261 cm³/mol. The molecule has 0 aliphatic rings. The van der Waals surface area contributed by atoms with Crippen molar-refractivity contribution in [2.24, 2.45) is 0 Å². The smallest absolute Gasteiger partial charge is 0.0540 e. The summed E-state index contributed by atoms with van der Waals surface area (Å²) in [6.45, 7) is 0. The summed E-state index contributed by atoms with van der Waals surface area (Å²) in [5.74, 6) is 0. The minimum Gasteiger partial charge on any atom is -0.309 e. The van der Waals surface area contributed by atoms with Crippen LogP contribution in [0.4, 0.5) is 17.1 Å². The van der Waals surface area contributed by atoms with Crippen LogP contribution in [0.5, 0.6) is 0 Å². The van der Waals surface area contributed by atoms with Crippen molar-refractivity contribution in [2.45, 2.75) is 0 Å². The summed E-state index contributed by atoms with van der Waals surface area (Å²) in [6, 6.07) is 90.5. The molecule has 1 heteroatoms. The number of para-hydroxylation sites is 1. The van der Waals surface area contributed by atoms with Gasteiger partial charge in [-0.2, -0.15) is 0 Å². The van der Waals surface area contributed by atoms with Gasteiger partial charge in [0.2, 0.25) is 0 Å². The number of fused-ring (bicyclic) bond motifs is 3. The molecule has 0 N–H and O–H groups in total. The Kier molecular flexibility index (Phi) is 9.26. The average Bonchev–Trinajstić information content (AvgIpc) is 3.34. The van der Waals surface area contributed by atoms with Crippen LogP contribution in [0.2, 0.25) is 0 Å².